The van der Waals surface area contributed by atoms with Crippen molar-refractivity contribution in [2.45, 2.75) is 11.8 Å². The molecule has 0 saturated heterocycles. The number of rotatable bonds is 3. The molecule has 0 aliphatic carbocycles. The largest absolute Gasteiger partial charge is 0.479 e. The van der Waals surface area contributed by atoms with Crippen molar-refractivity contribution in [2.24, 2.45) is 0 Å². The number of aryl methyl sites for hydroxylation is 1. The molecule has 122 valence electrons. The predicted molar refractivity (Wildman–Crippen MR) is 87.3 cm³/mol. The summed E-state index contributed by atoms with van der Waals surface area (Å²) in [6, 6.07) is 11.1. The average Bonchev–Trinajstić information content (AvgIpc) is 2.53. The molecule has 0 aromatic heterocycles. The number of nitrogens with one attached hydrogen (secondary N) is 2. The smallest absolute Gasteiger partial charge is 0.263 e. The molecule has 0 bridgehead atoms. The van der Waals surface area contributed by atoms with Crippen molar-refractivity contribution < 1.29 is 17.9 Å². The topological polar surface area (TPSA) is 108 Å². The van der Waals surface area contributed by atoms with Crippen LogP contribution in [0.5, 0.6) is 5.75 Å². The van der Waals surface area contributed by atoms with Crippen molar-refractivity contribution in [3.8, 4) is 11.8 Å². The van der Waals surface area contributed by atoms with E-state index in [1.165, 1.54) is 18.2 Å². The van der Waals surface area contributed by atoms with E-state index in [4.69, 9.17) is 10.00 Å². The number of carbonyl (C=O) groups excluding carboxylic acids is 1. The number of anilines is 2. The fourth-order valence-corrected chi connectivity index (χ4v) is 3.63. The summed E-state index contributed by atoms with van der Waals surface area (Å²) in [6.07, 6.45) is 0. The summed E-state index contributed by atoms with van der Waals surface area (Å²) in [5.74, 6) is -0.0602. The third-order valence-corrected chi connectivity index (χ3v) is 4.82. The molecule has 24 heavy (non-hydrogen) atoms. The standard InChI is InChI=1S/C16H13N3O4S/c1-10-6-12-16(23-9-15(20)18-12)13(7-10)19-24(21,22)14-5-3-2-4-11(14)8-17/h2-7,19H,9H2,1H3,(H,18,20). The van der Waals surface area contributed by atoms with Gasteiger partial charge in [0.15, 0.2) is 12.4 Å². The van der Waals surface area contributed by atoms with Gasteiger partial charge < -0.3 is 10.1 Å². The Morgan fingerprint density at radius 3 is 2.79 bits per heavy atom. The van der Waals surface area contributed by atoms with Crippen molar-refractivity contribution in [3.63, 3.8) is 0 Å². The molecule has 3 rings (SSSR count). The first kappa shape index (κ1) is 15.8. The number of ether oxygens (including phenoxy) is 1. The van der Waals surface area contributed by atoms with E-state index in [9.17, 15) is 13.2 Å². The maximum Gasteiger partial charge on any atom is 0.263 e. The predicted octanol–water partition coefficient (Wildman–Crippen LogP) is 2.00. The van der Waals surface area contributed by atoms with E-state index in [1.807, 2.05) is 6.07 Å². The van der Waals surface area contributed by atoms with Crippen LogP contribution in [0.2, 0.25) is 0 Å². The second-order valence-corrected chi connectivity index (χ2v) is 6.89. The molecule has 0 atom stereocenters. The van der Waals surface area contributed by atoms with Crippen molar-refractivity contribution in [2.75, 3.05) is 16.6 Å². The minimum absolute atomic E-state index is 0.0424. The second kappa shape index (κ2) is 5.86. The molecule has 0 radical (unpaired) electrons. The van der Waals surface area contributed by atoms with Crippen LogP contribution in [0.1, 0.15) is 11.1 Å². The lowest BCUT2D eigenvalue weighted by atomic mass is 10.1. The number of hydrogen-bond donors (Lipinski definition) is 2. The zero-order valence-electron chi connectivity index (χ0n) is 12.7. The molecule has 7 nitrogen and oxygen atoms in total. The van der Waals surface area contributed by atoms with Gasteiger partial charge in [-0.15, -0.1) is 0 Å². The molecule has 0 fully saturated rings. The molecular weight excluding hydrogens is 330 g/mol. The minimum atomic E-state index is -3.99. The Labute approximate surface area is 138 Å². The SMILES string of the molecule is Cc1cc2c(c(NS(=O)(=O)c3ccccc3C#N)c1)OCC(=O)N2. The lowest BCUT2D eigenvalue weighted by Crippen LogP contribution is -2.26. The Balaban J connectivity index is 2.06. The van der Waals surface area contributed by atoms with Crippen LogP contribution in [-0.4, -0.2) is 20.9 Å². The second-order valence-electron chi connectivity index (χ2n) is 5.24. The number of amides is 1. The van der Waals surface area contributed by atoms with E-state index in [1.54, 1.807) is 25.1 Å². The maximum atomic E-state index is 12.6. The first-order chi connectivity index (χ1) is 11.4. The first-order valence-electron chi connectivity index (χ1n) is 7.00. The number of carbonyl (C=O) groups is 1. The van der Waals surface area contributed by atoms with Crippen molar-refractivity contribution >= 4 is 27.3 Å². The molecule has 1 aliphatic rings. The van der Waals surface area contributed by atoms with Gasteiger partial charge in [0.05, 0.1) is 16.9 Å². The van der Waals surface area contributed by atoms with Crippen LogP contribution in [-0.2, 0) is 14.8 Å². The summed E-state index contributed by atoms with van der Waals surface area (Å²) >= 11 is 0. The molecule has 0 spiro atoms. The van der Waals surface area contributed by atoms with Gasteiger partial charge in [0.1, 0.15) is 11.0 Å². The van der Waals surface area contributed by atoms with Gasteiger partial charge >= 0.3 is 0 Å². The molecule has 8 heteroatoms. The molecule has 1 heterocycles. The summed E-state index contributed by atoms with van der Waals surface area (Å²) in [4.78, 5) is 11.3. The normalized spacial score (nSPS) is 13.2. The summed E-state index contributed by atoms with van der Waals surface area (Å²) in [6.45, 7) is 1.57. The minimum Gasteiger partial charge on any atom is -0.479 e. The van der Waals surface area contributed by atoms with Crippen LogP contribution in [0.3, 0.4) is 0 Å². The van der Waals surface area contributed by atoms with Crippen molar-refractivity contribution in [1.82, 2.24) is 0 Å². The van der Waals surface area contributed by atoms with Crippen LogP contribution in [0, 0.1) is 18.3 Å². The van der Waals surface area contributed by atoms with Gasteiger partial charge in [0, 0.05) is 0 Å². The highest BCUT2D eigenvalue weighted by molar-refractivity contribution is 7.92. The Kier molecular flexibility index (Phi) is 3.87. The van der Waals surface area contributed by atoms with Gasteiger partial charge in [-0.2, -0.15) is 5.26 Å². The molecule has 0 unspecified atom stereocenters. The fourth-order valence-electron chi connectivity index (χ4n) is 2.41. The highest BCUT2D eigenvalue weighted by atomic mass is 32.2. The van der Waals surface area contributed by atoms with Gasteiger partial charge in [0.25, 0.3) is 15.9 Å². The molecule has 0 saturated carbocycles. The molecule has 2 N–H and O–H groups in total. The van der Waals surface area contributed by atoms with Crippen LogP contribution >= 0.6 is 0 Å². The van der Waals surface area contributed by atoms with E-state index in [0.717, 1.165) is 5.56 Å². The summed E-state index contributed by atoms with van der Waals surface area (Å²) < 4.78 is 33.1. The van der Waals surface area contributed by atoms with Crippen LogP contribution < -0.4 is 14.8 Å². The van der Waals surface area contributed by atoms with Crippen LogP contribution in [0.25, 0.3) is 0 Å². The van der Waals surface area contributed by atoms with Gasteiger partial charge in [-0.25, -0.2) is 8.42 Å². The number of fused-ring (bicyclic) bond motifs is 1. The third-order valence-electron chi connectivity index (χ3n) is 3.40. The van der Waals surface area contributed by atoms with E-state index in [-0.39, 0.29) is 34.4 Å². The lowest BCUT2D eigenvalue weighted by Gasteiger charge is -2.22. The average molecular weight is 343 g/mol. The van der Waals surface area contributed by atoms with E-state index in [0.29, 0.717) is 5.69 Å². The molecule has 1 amide bonds. The van der Waals surface area contributed by atoms with E-state index in [2.05, 4.69) is 10.0 Å². The van der Waals surface area contributed by atoms with Gasteiger partial charge in [-0.3, -0.25) is 9.52 Å². The van der Waals surface area contributed by atoms with Crippen LogP contribution in [0.4, 0.5) is 11.4 Å². The summed E-state index contributed by atoms with van der Waals surface area (Å²) in [7, 11) is -3.99. The number of benzene rings is 2. The summed E-state index contributed by atoms with van der Waals surface area (Å²) in [5.41, 5.74) is 1.39. The maximum absolute atomic E-state index is 12.6. The van der Waals surface area contributed by atoms with Gasteiger partial charge in [-0.1, -0.05) is 12.1 Å². The zero-order valence-corrected chi connectivity index (χ0v) is 13.5. The van der Waals surface area contributed by atoms with Crippen molar-refractivity contribution in [3.05, 3.63) is 47.5 Å². The molecule has 2 aromatic rings. The lowest BCUT2D eigenvalue weighted by molar-refractivity contribution is -0.118. The van der Waals surface area contributed by atoms with Gasteiger partial charge in [-0.05, 0) is 36.8 Å². The Morgan fingerprint density at radius 1 is 1.29 bits per heavy atom. The van der Waals surface area contributed by atoms with E-state index >= 15 is 0 Å². The molecular formula is C16H13N3O4S. The Hall–Kier alpha value is -3.05. The highest BCUT2D eigenvalue weighted by Crippen LogP contribution is 2.38. The van der Waals surface area contributed by atoms with Crippen LogP contribution in [0.15, 0.2) is 41.3 Å². The fraction of sp³-hybridized carbons (Fsp3) is 0.125. The Bertz CT molecular complexity index is 977. The quantitative estimate of drug-likeness (QED) is 0.886. The summed E-state index contributed by atoms with van der Waals surface area (Å²) in [5, 5.41) is 11.7. The first-order valence-corrected chi connectivity index (χ1v) is 8.48. The number of nitrogens with zero attached hydrogens (tertiary/aromatic N) is 1. The molecule has 2 aromatic carbocycles. The zero-order chi connectivity index (χ0) is 17.3. The third kappa shape index (κ3) is 2.89. The van der Waals surface area contributed by atoms with Crippen molar-refractivity contribution in [1.29, 1.82) is 5.26 Å². The number of sulfonamides is 1. The highest BCUT2D eigenvalue weighted by Gasteiger charge is 2.24. The number of hydrogen-bond acceptors (Lipinski definition) is 5. The number of nitriles is 1. The monoisotopic (exact) mass is 343 g/mol. The van der Waals surface area contributed by atoms with Gasteiger partial charge in [0.2, 0.25) is 0 Å². The molecule has 1 aliphatic heterocycles. The van der Waals surface area contributed by atoms with E-state index < -0.39 is 10.0 Å². The Morgan fingerprint density at radius 2 is 2.04 bits per heavy atom.